The van der Waals surface area contributed by atoms with Crippen molar-refractivity contribution >= 4 is 33.6 Å². The van der Waals surface area contributed by atoms with Gasteiger partial charge in [0.1, 0.15) is 11.5 Å². The van der Waals surface area contributed by atoms with Crippen molar-refractivity contribution in [1.82, 2.24) is 5.48 Å². The molecule has 3 aromatic rings. The Labute approximate surface area is 209 Å². The van der Waals surface area contributed by atoms with Crippen molar-refractivity contribution in [2.45, 2.75) is 12.2 Å². The summed E-state index contributed by atoms with van der Waals surface area (Å²) in [7, 11) is 0. The third-order valence-corrected chi connectivity index (χ3v) is 5.14. The molecule has 0 spiro atoms. The summed E-state index contributed by atoms with van der Waals surface area (Å²) < 4.78 is 12.3. The number of nitrogens with one attached hydrogen (secondary N) is 2. The summed E-state index contributed by atoms with van der Waals surface area (Å²) in [6.45, 7) is 0. The van der Waals surface area contributed by atoms with Gasteiger partial charge < -0.3 is 14.6 Å². The normalized spacial score (nSPS) is 12.3. The zero-order valence-corrected chi connectivity index (χ0v) is 19.7. The van der Waals surface area contributed by atoms with E-state index in [1.165, 1.54) is 41.9 Å². The number of carbonyl (C=O) groups is 2. The molecule has 0 aliphatic rings. The highest BCUT2D eigenvalue weighted by molar-refractivity contribution is 9.10. The second kappa shape index (κ2) is 12.2. The number of carbonyl (C=O) groups excluding carboxylic acids is 2. The van der Waals surface area contributed by atoms with Gasteiger partial charge in [0.05, 0.1) is 11.6 Å². The molecule has 0 aromatic heterocycles. The average Bonchev–Trinajstić information content (AvgIpc) is 2.87. The molecular formula is C25H20BrN3O6. The predicted octanol–water partition coefficient (Wildman–Crippen LogP) is 4.83. The number of nitrogens with zero attached hydrogens (tertiary/aromatic N) is 1. The minimum Gasteiger partial charge on any atom is -0.508 e. The van der Waals surface area contributed by atoms with E-state index in [9.17, 15) is 14.7 Å². The number of hydrogen-bond donors (Lipinski definition) is 4. The standard InChI is InChI=1S/C25H20BrN3O6/c26-17-8-11-21(30)20(14-17)24(35-25(32)28-18-9-6-16(15-27)7-10-18)22(12-13-23(31)29-33)34-19-4-2-1-3-5-19/h1-14,22,24,30,33H,(H,28,32)(H,29,31)/b13-12+/t22-,24-/m1/s1. The molecule has 35 heavy (non-hydrogen) atoms. The molecule has 3 aromatic carbocycles. The second-order valence-electron chi connectivity index (χ2n) is 7.07. The van der Waals surface area contributed by atoms with Crippen LogP contribution in [-0.2, 0) is 9.53 Å². The molecule has 178 valence electrons. The Bertz CT molecular complexity index is 1240. The maximum absolute atomic E-state index is 12.8. The lowest BCUT2D eigenvalue weighted by Crippen LogP contribution is -2.30. The van der Waals surface area contributed by atoms with E-state index in [0.717, 1.165) is 6.08 Å². The monoisotopic (exact) mass is 537 g/mol. The third kappa shape index (κ3) is 7.33. The van der Waals surface area contributed by atoms with E-state index >= 15 is 0 Å². The first kappa shape index (κ1) is 25.3. The van der Waals surface area contributed by atoms with E-state index in [2.05, 4.69) is 21.2 Å². The molecule has 2 atom stereocenters. The van der Waals surface area contributed by atoms with E-state index in [0.29, 0.717) is 21.5 Å². The number of rotatable bonds is 8. The van der Waals surface area contributed by atoms with Crippen molar-refractivity contribution in [2.24, 2.45) is 0 Å². The van der Waals surface area contributed by atoms with Crippen LogP contribution in [0.4, 0.5) is 10.5 Å². The lowest BCUT2D eigenvalue weighted by atomic mass is 10.0. The SMILES string of the molecule is N#Cc1ccc(NC(=O)O[C@H](c2cc(Br)ccc2O)[C@@H](/C=C/C(=O)NO)Oc2ccccc2)cc1. The molecule has 0 fully saturated rings. The van der Waals surface area contributed by atoms with Crippen LogP contribution in [0.25, 0.3) is 0 Å². The Morgan fingerprint density at radius 1 is 1.06 bits per heavy atom. The van der Waals surface area contributed by atoms with Gasteiger partial charge in [-0.1, -0.05) is 34.1 Å². The Morgan fingerprint density at radius 2 is 1.77 bits per heavy atom. The molecule has 0 aliphatic heterocycles. The number of hydroxylamine groups is 1. The first-order chi connectivity index (χ1) is 16.9. The molecule has 4 N–H and O–H groups in total. The molecule has 0 saturated carbocycles. The van der Waals surface area contributed by atoms with Crippen LogP contribution >= 0.6 is 15.9 Å². The Kier molecular flexibility index (Phi) is 8.83. The summed E-state index contributed by atoms with van der Waals surface area (Å²) in [5, 5.41) is 30.9. The molecule has 9 nitrogen and oxygen atoms in total. The third-order valence-electron chi connectivity index (χ3n) is 4.65. The number of ether oxygens (including phenoxy) is 2. The predicted molar refractivity (Wildman–Crippen MR) is 130 cm³/mol. The van der Waals surface area contributed by atoms with Crippen LogP contribution in [0, 0.1) is 11.3 Å². The van der Waals surface area contributed by atoms with Gasteiger partial charge in [-0.05, 0) is 60.7 Å². The van der Waals surface area contributed by atoms with Gasteiger partial charge in [0.15, 0.2) is 12.2 Å². The summed E-state index contributed by atoms with van der Waals surface area (Å²) in [6, 6.07) is 21.3. The van der Waals surface area contributed by atoms with E-state index in [1.807, 2.05) is 6.07 Å². The number of anilines is 1. The zero-order valence-electron chi connectivity index (χ0n) is 18.1. The molecule has 10 heteroatoms. The number of phenolic OH excluding ortho intramolecular Hbond substituents is 1. The number of phenols is 1. The maximum atomic E-state index is 12.8. The molecule has 0 heterocycles. The Hall–Kier alpha value is -4.33. The summed E-state index contributed by atoms with van der Waals surface area (Å²) in [4.78, 5) is 24.5. The maximum Gasteiger partial charge on any atom is 0.412 e. The van der Waals surface area contributed by atoms with Crippen LogP contribution in [0.5, 0.6) is 11.5 Å². The van der Waals surface area contributed by atoms with Crippen molar-refractivity contribution in [1.29, 1.82) is 5.26 Å². The Balaban J connectivity index is 1.97. The average molecular weight is 538 g/mol. The van der Waals surface area contributed by atoms with Gasteiger partial charge in [-0.25, -0.2) is 10.3 Å². The van der Waals surface area contributed by atoms with Gasteiger partial charge in [0.2, 0.25) is 0 Å². The van der Waals surface area contributed by atoms with Crippen LogP contribution in [0.3, 0.4) is 0 Å². The van der Waals surface area contributed by atoms with Crippen molar-refractivity contribution in [3.63, 3.8) is 0 Å². The van der Waals surface area contributed by atoms with Crippen molar-refractivity contribution in [3.8, 4) is 17.6 Å². The van der Waals surface area contributed by atoms with Crippen LogP contribution < -0.4 is 15.5 Å². The van der Waals surface area contributed by atoms with Gasteiger partial charge in [-0.15, -0.1) is 0 Å². The summed E-state index contributed by atoms with van der Waals surface area (Å²) in [6.07, 6.45) is -0.896. The van der Waals surface area contributed by atoms with Crippen molar-refractivity contribution in [2.75, 3.05) is 5.32 Å². The number of halogens is 1. The number of para-hydroxylation sites is 1. The first-order valence-electron chi connectivity index (χ1n) is 10.2. The quantitative estimate of drug-likeness (QED) is 0.183. The van der Waals surface area contributed by atoms with E-state index < -0.39 is 24.2 Å². The van der Waals surface area contributed by atoms with Crippen LogP contribution in [0.2, 0.25) is 0 Å². The fraction of sp³-hybridized carbons (Fsp3) is 0.0800. The summed E-state index contributed by atoms with van der Waals surface area (Å²) in [5.41, 5.74) is 2.48. The van der Waals surface area contributed by atoms with Crippen LogP contribution in [-0.4, -0.2) is 28.4 Å². The van der Waals surface area contributed by atoms with Gasteiger partial charge in [0, 0.05) is 21.8 Å². The fourth-order valence-electron chi connectivity index (χ4n) is 3.03. The molecule has 0 bridgehead atoms. The molecule has 3 rings (SSSR count). The largest absolute Gasteiger partial charge is 0.508 e. The van der Waals surface area contributed by atoms with Crippen molar-refractivity contribution in [3.05, 3.63) is 101 Å². The highest BCUT2D eigenvalue weighted by Crippen LogP contribution is 2.34. The molecule has 0 radical (unpaired) electrons. The van der Waals surface area contributed by atoms with Crippen molar-refractivity contribution < 1.29 is 29.4 Å². The minimum absolute atomic E-state index is 0.175. The molecule has 0 saturated heterocycles. The highest BCUT2D eigenvalue weighted by Gasteiger charge is 2.30. The number of amides is 2. The fourth-order valence-corrected chi connectivity index (χ4v) is 3.41. The lowest BCUT2D eigenvalue weighted by Gasteiger charge is -2.27. The first-order valence-corrected chi connectivity index (χ1v) is 11.0. The van der Waals surface area contributed by atoms with E-state index in [1.54, 1.807) is 42.5 Å². The van der Waals surface area contributed by atoms with Gasteiger partial charge in [-0.3, -0.25) is 15.3 Å². The summed E-state index contributed by atoms with van der Waals surface area (Å²) >= 11 is 3.34. The number of aromatic hydroxyl groups is 1. The smallest absolute Gasteiger partial charge is 0.412 e. The molecule has 2 amide bonds. The number of benzene rings is 3. The molecule has 0 unspecified atom stereocenters. The Morgan fingerprint density at radius 3 is 2.43 bits per heavy atom. The summed E-state index contributed by atoms with van der Waals surface area (Å²) in [5.74, 6) is -0.598. The molecular weight excluding hydrogens is 518 g/mol. The topological polar surface area (TPSA) is 141 Å². The van der Waals surface area contributed by atoms with E-state index in [4.69, 9.17) is 19.9 Å². The molecule has 0 aliphatic carbocycles. The highest BCUT2D eigenvalue weighted by atomic mass is 79.9. The van der Waals surface area contributed by atoms with Crippen LogP contribution in [0.15, 0.2) is 89.4 Å². The minimum atomic E-state index is -1.23. The number of hydrogen-bond acceptors (Lipinski definition) is 7. The number of nitriles is 1. The van der Waals surface area contributed by atoms with Gasteiger partial charge in [0.25, 0.3) is 5.91 Å². The van der Waals surface area contributed by atoms with Crippen LogP contribution in [0.1, 0.15) is 17.2 Å². The lowest BCUT2D eigenvalue weighted by molar-refractivity contribution is -0.124. The second-order valence-corrected chi connectivity index (χ2v) is 7.99. The van der Waals surface area contributed by atoms with E-state index in [-0.39, 0.29) is 11.3 Å². The zero-order chi connectivity index (χ0) is 25.2. The van der Waals surface area contributed by atoms with Gasteiger partial charge >= 0.3 is 6.09 Å². The van der Waals surface area contributed by atoms with Gasteiger partial charge in [-0.2, -0.15) is 5.26 Å².